The van der Waals surface area contributed by atoms with Gasteiger partial charge < -0.3 is 26.9 Å². The molecule has 4 rings (SSSR count). The predicted octanol–water partition coefficient (Wildman–Crippen LogP) is 6.69. The number of nitrogens with zero attached hydrogens (tertiary/aromatic N) is 4. The second kappa shape index (κ2) is 13.7. The topological polar surface area (TPSA) is 78.0 Å². The molecule has 40 heavy (non-hydrogen) atoms. The summed E-state index contributed by atoms with van der Waals surface area (Å²) < 4.78 is 44.8. The Morgan fingerprint density at radius 3 is 1.95 bits per heavy atom. The summed E-state index contributed by atoms with van der Waals surface area (Å²) in [6.07, 6.45) is 0.0765. The smallest absolute Gasteiger partial charge is 0.456 e. The van der Waals surface area contributed by atoms with Gasteiger partial charge in [-0.15, -0.1) is 0 Å². The van der Waals surface area contributed by atoms with E-state index in [0.29, 0.717) is 44.0 Å². The maximum absolute atomic E-state index is 12.1. The molecule has 12 heteroatoms. The third kappa shape index (κ3) is 9.20. The zero-order chi connectivity index (χ0) is 29.3. The fourth-order valence-corrected chi connectivity index (χ4v) is 4.64. The highest BCUT2D eigenvalue weighted by Crippen LogP contribution is 2.40. The van der Waals surface area contributed by atoms with Gasteiger partial charge in [-0.05, 0) is 29.2 Å². The lowest BCUT2D eigenvalue weighted by atomic mass is 10.0. The third-order valence-corrected chi connectivity index (χ3v) is 6.16. The number of esters is 1. The molecule has 1 heterocycles. The normalized spacial score (nSPS) is 13.1. The van der Waals surface area contributed by atoms with Gasteiger partial charge in [0.05, 0.1) is 0 Å². The summed E-state index contributed by atoms with van der Waals surface area (Å²) in [4.78, 5) is 31.5. The van der Waals surface area contributed by atoms with E-state index in [1.54, 1.807) is 11.0 Å². The molecule has 1 atom stereocenters. The van der Waals surface area contributed by atoms with E-state index >= 15 is 0 Å². The molecule has 1 aliphatic heterocycles. The summed E-state index contributed by atoms with van der Waals surface area (Å²) in [5.41, 5.74) is 4.88. The first kappa shape index (κ1) is 30.3. The van der Waals surface area contributed by atoms with Crippen LogP contribution < -0.4 is 4.90 Å². The van der Waals surface area contributed by atoms with Crippen LogP contribution >= 0.6 is 0 Å². The molecule has 0 N–H and O–H groups in total. The molecule has 210 valence electrons. The summed E-state index contributed by atoms with van der Waals surface area (Å²) >= 11 is 0. The van der Waals surface area contributed by atoms with E-state index in [4.69, 9.17) is 4.74 Å². The van der Waals surface area contributed by atoms with Crippen LogP contribution in [0.25, 0.3) is 4.98 Å². The van der Waals surface area contributed by atoms with Gasteiger partial charge in [0.25, 0.3) is 0 Å². The molecule has 0 saturated carbocycles. The van der Waals surface area contributed by atoms with E-state index in [1.807, 2.05) is 42.5 Å². The Kier molecular flexibility index (Phi) is 10.4. The van der Waals surface area contributed by atoms with Gasteiger partial charge in [0.2, 0.25) is 11.3 Å². The number of benzene rings is 3. The van der Waals surface area contributed by atoms with E-state index in [1.165, 1.54) is 13.8 Å². The fraction of sp³-hybridized carbons (Fsp3) is 0.286. The molecule has 7 nitrogen and oxygen atoms in total. The van der Waals surface area contributed by atoms with Crippen LogP contribution in [-0.4, -0.2) is 37.1 Å². The van der Waals surface area contributed by atoms with E-state index in [2.05, 4.69) is 34.1 Å². The van der Waals surface area contributed by atoms with Gasteiger partial charge in [-0.2, -0.15) is 0 Å². The van der Waals surface area contributed by atoms with Crippen molar-refractivity contribution in [3.63, 3.8) is 0 Å². The summed E-state index contributed by atoms with van der Waals surface area (Å²) in [6.45, 7) is 5.22. The van der Waals surface area contributed by atoms with Gasteiger partial charge in [-0.3, -0.25) is 14.5 Å². The van der Waals surface area contributed by atoms with Crippen molar-refractivity contribution in [2.45, 2.75) is 39.5 Å². The predicted molar refractivity (Wildman–Crippen MR) is 145 cm³/mol. The molecule has 1 aliphatic rings. The summed E-state index contributed by atoms with van der Waals surface area (Å²) in [5, 5.41) is 9.73. The molecule has 3 aromatic carbocycles. The molecule has 0 fully saturated rings. The number of anilines is 1. The first-order valence-corrected chi connectivity index (χ1v) is 12.6. The lowest BCUT2D eigenvalue weighted by molar-refractivity contribution is -0.147. The zero-order valence-corrected chi connectivity index (χ0v) is 22.1. The van der Waals surface area contributed by atoms with Gasteiger partial charge >= 0.3 is 18.9 Å². The monoisotopic (exact) mass is 556 g/mol. The molecule has 1 unspecified atom stereocenters. The fourth-order valence-electron chi connectivity index (χ4n) is 4.64. The highest BCUT2D eigenvalue weighted by Gasteiger charge is 2.34. The first-order chi connectivity index (χ1) is 18.9. The molecule has 0 aromatic heterocycles. The Balaban J connectivity index is 0.000000810. The molecule has 0 aliphatic carbocycles. The van der Waals surface area contributed by atoms with Gasteiger partial charge in [0.15, 0.2) is 4.98 Å². The number of fused-ring (bicyclic) bond motifs is 1. The van der Waals surface area contributed by atoms with Gasteiger partial charge in [0, 0.05) is 51.7 Å². The van der Waals surface area contributed by atoms with Crippen molar-refractivity contribution >= 4 is 30.5 Å². The molecular formula is C28H29BF4N4O3. The van der Waals surface area contributed by atoms with Crippen molar-refractivity contribution in [2.75, 3.05) is 18.0 Å². The van der Waals surface area contributed by atoms with Crippen LogP contribution in [0.3, 0.4) is 0 Å². The molecular weight excluding hydrogens is 527 g/mol. The maximum atomic E-state index is 12.1. The van der Waals surface area contributed by atoms with Crippen LogP contribution in [0, 0.1) is 5.39 Å². The Bertz CT molecular complexity index is 1300. The lowest BCUT2D eigenvalue weighted by Gasteiger charge is -2.28. The number of rotatable bonds is 8. The number of hydrogen-bond acceptors (Lipinski definition) is 5. The average Bonchev–Trinajstić information content (AvgIpc) is 3.32. The Hall–Kier alpha value is -4.24. The third-order valence-electron chi connectivity index (χ3n) is 6.16. The second-order valence-electron chi connectivity index (χ2n) is 9.30. The number of carbonyl (C=O) groups is 2. The van der Waals surface area contributed by atoms with Gasteiger partial charge in [-0.1, -0.05) is 60.7 Å². The zero-order valence-electron chi connectivity index (χ0n) is 22.1. The SMILES string of the molecule is CC(=O)OC(CN(Cc1ccccc1)Cc1ccccc1)c1cc2c(c([N+]#N)c1)N(C(C)=O)CC2.F[B-](F)(F)F. The largest absolute Gasteiger partial charge is 0.673 e. The van der Waals surface area contributed by atoms with Crippen molar-refractivity contribution < 1.29 is 31.6 Å². The van der Waals surface area contributed by atoms with E-state index in [-0.39, 0.29) is 11.9 Å². The van der Waals surface area contributed by atoms with Crippen molar-refractivity contribution in [1.29, 1.82) is 5.39 Å². The van der Waals surface area contributed by atoms with Crippen LogP contribution in [-0.2, 0) is 33.8 Å². The standard InChI is InChI=1S/C28H29N4O3.BF4/c1-20(33)32-14-13-24-15-25(16-26(30-29)28(24)32)27(35-21(2)34)19-31(17-22-9-5-3-6-10-22)18-23-11-7-4-8-12-23;2-1(3,4)5/h3-12,15-16,27H,13-14,17-19H2,1-2H3;/q+1;-1. The van der Waals surface area contributed by atoms with Crippen molar-refractivity contribution in [3.05, 3.63) is 100 Å². The number of halogens is 4. The van der Waals surface area contributed by atoms with E-state index < -0.39 is 13.4 Å². The minimum absolute atomic E-state index is 0.102. The Morgan fingerprint density at radius 2 is 1.50 bits per heavy atom. The number of diazo groups is 1. The highest BCUT2D eigenvalue weighted by molar-refractivity contribution is 6.50. The van der Waals surface area contributed by atoms with Crippen molar-refractivity contribution in [3.8, 4) is 0 Å². The van der Waals surface area contributed by atoms with E-state index in [9.17, 15) is 32.2 Å². The minimum atomic E-state index is -6.00. The first-order valence-electron chi connectivity index (χ1n) is 12.6. The molecule has 0 radical (unpaired) electrons. The number of ether oxygens (including phenoxy) is 1. The summed E-state index contributed by atoms with van der Waals surface area (Å²) in [6, 6.07) is 24.0. The molecule has 0 spiro atoms. The van der Waals surface area contributed by atoms with Crippen LogP contribution in [0.1, 0.15) is 42.2 Å². The number of carbonyl (C=O) groups excluding carboxylic acids is 2. The lowest BCUT2D eigenvalue weighted by Crippen LogP contribution is -2.30. The number of hydrogen-bond donors (Lipinski definition) is 0. The van der Waals surface area contributed by atoms with Crippen LogP contribution in [0.4, 0.5) is 28.6 Å². The van der Waals surface area contributed by atoms with E-state index in [0.717, 1.165) is 22.3 Å². The maximum Gasteiger partial charge on any atom is 0.673 e. The molecule has 3 aromatic rings. The van der Waals surface area contributed by atoms with Crippen molar-refractivity contribution in [1.82, 2.24) is 4.90 Å². The molecule has 0 saturated heterocycles. The van der Waals surface area contributed by atoms with Gasteiger partial charge in [0.1, 0.15) is 11.8 Å². The van der Waals surface area contributed by atoms with Crippen LogP contribution in [0.5, 0.6) is 0 Å². The number of amides is 1. The second-order valence-corrected chi connectivity index (χ2v) is 9.30. The van der Waals surface area contributed by atoms with Crippen LogP contribution in [0.15, 0.2) is 72.8 Å². The van der Waals surface area contributed by atoms with Gasteiger partial charge in [-0.25, -0.2) is 0 Å². The Morgan fingerprint density at radius 1 is 0.975 bits per heavy atom. The quantitative estimate of drug-likeness (QED) is 0.134. The Labute approximate surface area is 230 Å². The summed E-state index contributed by atoms with van der Waals surface area (Å²) in [7, 11) is -6.00. The highest BCUT2D eigenvalue weighted by atomic mass is 19.5. The summed E-state index contributed by atoms with van der Waals surface area (Å²) in [5.74, 6) is -0.488. The minimum Gasteiger partial charge on any atom is -0.456 e. The average molecular weight is 556 g/mol. The van der Waals surface area contributed by atoms with Crippen LogP contribution in [0.2, 0.25) is 0 Å². The molecule has 1 amide bonds. The molecule has 0 bridgehead atoms. The van der Waals surface area contributed by atoms with Crippen molar-refractivity contribution in [2.24, 2.45) is 0 Å².